The van der Waals surface area contributed by atoms with Gasteiger partial charge in [-0.3, -0.25) is 0 Å². The zero-order valence-corrected chi connectivity index (χ0v) is 15.5. The minimum absolute atomic E-state index is 0.00491. The molecule has 5 unspecified atom stereocenters. The summed E-state index contributed by atoms with van der Waals surface area (Å²) < 4.78 is 0. The van der Waals surface area contributed by atoms with Crippen molar-refractivity contribution in [1.82, 2.24) is 15.0 Å². The molecule has 1 heterocycles. The standard InChI is InChI=1S/C10H19N5S5/c1-3(16)5(18)6(19)7(4(2)17)20-10-14-8(11)13-9(12)15-10/h3-7,16-19H,1-2H3,(H4,11,12,13,14,15). The molecule has 4 N–H and O–H groups in total. The van der Waals surface area contributed by atoms with E-state index in [1.54, 1.807) is 0 Å². The third kappa shape index (κ3) is 5.28. The molecule has 0 spiro atoms. The Balaban J connectivity index is 2.92. The van der Waals surface area contributed by atoms with Gasteiger partial charge in [0.15, 0.2) is 5.16 Å². The number of thiol groups is 4. The average Bonchev–Trinajstić information content (AvgIpc) is 2.32. The molecule has 0 aliphatic rings. The van der Waals surface area contributed by atoms with Gasteiger partial charge in [0.25, 0.3) is 0 Å². The predicted molar refractivity (Wildman–Crippen MR) is 101 cm³/mol. The van der Waals surface area contributed by atoms with Crippen LogP contribution >= 0.6 is 62.3 Å². The molecular weight excluding hydrogens is 350 g/mol. The van der Waals surface area contributed by atoms with E-state index in [-0.39, 0.29) is 38.1 Å². The molecule has 1 aromatic heterocycles. The number of rotatable bonds is 6. The van der Waals surface area contributed by atoms with Crippen LogP contribution in [-0.4, -0.2) is 41.2 Å². The van der Waals surface area contributed by atoms with Crippen LogP contribution < -0.4 is 11.5 Å². The van der Waals surface area contributed by atoms with Gasteiger partial charge in [-0.05, 0) is 0 Å². The van der Waals surface area contributed by atoms with Crippen molar-refractivity contribution >= 4 is 74.2 Å². The van der Waals surface area contributed by atoms with Crippen LogP contribution in [0.4, 0.5) is 11.9 Å². The normalized spacial score (nSPS) is 19.1. The first-order chi connectivity index (χ1) is 9.22. The van der Waals surface area contributed by atoms with Crippen molar-refractivity contribution in [1.29, 1.82) is 0 Å². The molecule has 5 atom stereocenters. The van der Waals surface area contributed by atoms with Crippen LogP contribution in [0, 0.1) is 0 Å². The SMILES string of the molecule is CC(S)C(S)C(S)C(Sc1nc(N)nc(N)n1)C(C)S. The summed E-state index contributed by atoms with van der Waals surface area (Å²) in [5.41, 5.74) is 11.1. The van der Waals surface area contributed by atoms with Gasteiger partial charge in [-0.1, -0.05) is 25.6 Å². The Morgan fingerprint density at radius 3 is 1.75 bits per heavy atom. The van der Waals surface area contributed by atoms with Gasteiger partial charge in [-0.25, -0.2) is 0 Å². The predicted octanol–water partition coefficient (Wildman–Crippen LogP) is 1.73. The maximum absolute atomic E-state index is 5.57. The van der Waals surface area contributed by atoms with Crippen LogP contribution in [0.2, 0.25) is 0 Å². The monoisotopic (exact) mass is 369 g/mol. The number of aromatic nitrogens is 3. The largest absolute Gasteiger partial charge is 0.368 e. The van der Waals surface area contributed by atoms with Crippen LogP contribution in [0.3, 0.4) is 0 Å². The molecule has 10 heteroatoms. The molecule has 5 nitrogen and oxygen atoms in total. The smallest absolute Gasteiger partial charge is 0.225 e. The first kappa shape index (κ1) is 18.4. The van der Waals surface area contributed by atoms with Crippen LogP contribution in [0.25, 0.3) is 0 Å². The molecule has 1 rings (SSSR count). The van der Waals surface area contributed by atoms with E-state index in [9.17, 15) is 0 Å². The molecule has 1 aromatic rings. The van der Waals surface area contributed by atoms with E-state index in [1.807, 2.05) is 13.8 Å². The quantitative estimate of drug-likeness (QED) is 0.338. The lowest BCUT2D eigenvalue weighted by atomic mass is 10.1. The Morgan fingerprint density at radius 2 is 1.35 bits per heavy atom. The van der Waals surface area contributed by atoms with Crippen molar-refractivity contribution in [2.75, 3.05) is 11.5 Å². The van der Waals surface area contributed by atoms with Gasteiger partial charge < -0.3 is 11.5 Å². The zero-order valence-electron chi connectivity index (χ0n) is 11.1. The van der Waals surface area contributed by atoms with Crippen molar-refractivity contribution in [3.8, 4) is 0 Å². The summed E-state index contributed by atoms with van der Waals surface area (Å²) in [6.45, 7) is 3.97. The van der Waals surface area contributed by atoms with Gasteiger partial charge in [0.05, 0.1) is 0 Å². The Bertz CT molecular complexity index is 424. The van der Waals surface area contributed by atoms with Crippen molar-refractivity contribution in [2.45, 2.75) is 45.3 Å². The highest BCUT2D eigenvalue weighted by Gasteiger charge is 2.31. The zero-order chi connectivity index (χ0) is 15.4. The summed E-state index contributed by atoms with van der Waals surface area (Å²) in [5.74, 6) is 0.206. The first-order valence-corrected chi connectivity index (χ1v) is 8.82. The molecule has 114 valence electrons. The van der Waals surface area contributed by atoms with Crippen LogP contribution in [0.15, 0.2) is 5.16 Å². The Kier molecular flexibility index (Phi) is 7.47. The summed E-state index contributed by atoms with van der Waals surface area (Å²) in [7, 11) is 0. The molecule has 0 saturated heterocycles. The second-order valence-electron chi connectivity index (χ2n) is 4.38. The van der Waals surface area contributed by atoms with Gasteiger partial charge in [0.2, 0.25) is 11.9 Å². The van der Waals surface area contributed by atoms with Crippen molar-refractivity contribution in [3.05, 3.63) is 0 Å². The lowest BCUT2D eigenvalue weighted by Gasteiger charge is -2.30. The number of hydrogen-bond acceptors (Lipinski definition) is 10. The third-order valence-electron chi connectivity index (χ3n) is 2.55. The van der Waals surface area contributed by atoms with E-state index >= 15 is 0 Å². The summed E-state index contributed by atoms with van der Waals surface area (Å²) in [4.78, 5) is 11.9. The molecule has 20 heavy (non-hydrogen) atoms. The number of nitrogen functional groups attached to an aromatic ring is 2. The molecule has 0 aliphatic carbocycles. The Labute approximate surface area is 145 Å². The van der Waals surface area contributed by atoms with E-state index in [1.165, 1.54) is 11.8 Å². The first-order valence-electron chi connectivity index (χ1n) is 5.88. The van der Waals surface area contributed by atoms with Crippen LogP contribution in [-0.2, 0) is 0 Å². The molecule has 0 aliphatic heterocycles. The van der Waals surface area contributed by atoms with Crippen molar-refractivity contribution in [3.63, 3.8) is 0 Å². The van der Waals surface area contributed by atoms with E-state index in [0.717, 1.165) is 0 Å². The van der Waals surface area contributed by atoms with Crippen molar-refractivity contribution in [2.24, 2.45) is 0 Å². The third-order valence-corrected chi connectivity index (χ3v) is 6.84. The Morgan fingerprint density at radius 1 is 0.850 bits per heavy atom. The van der Waals surface area contributed by atoms with E-state index in [4.69, 9.17) is 11.5 Å². The topological polar surface area (TPSA) is 90.7 Å². The van der Waals surface area contributed by atoms with E-state index < -0.39 is 0 Å². The highest BCUT2D eigenvalue weighted by Crippen LogP contribution is 2.34. The highest BCUT2D eigenvalue weighted by atomic mass is 32.2. The maximum Gasteiger partial charge on any atom is 0.225 e. The molecule has 0 amide bonds. The van der Waals surface area contributed by atoms with Crippen LogP contribution in [0.1, 0.15) is 13.8 Å². The highest BCUT2D eigenvalue weighted by molar-refractivity contribution is 8.01. The maximum atomic E-state index is 5.57. The number of nitrogens with zero attached hydrogens (tertiary/aromatic N) is 3. The fourth-order valence-corrected chi connectivity index (χ4v) is 4.36. The van der Waals surface area contributed by atoms with Crippen LogP contribution in [0.5, 0.6) is 0 Å². The summed E-state index contributed by atoms with van der Waals surface area (Å²) in [5, 5.41) is 0.619. The minimum Gasteiger partial charge on any atom is -0.368 e. The minimum atomic E-state index is -0.0393. The fraction of sp³-hybridized carbons (Fsp3) is 0.700. The molecule has 0 saturated carbocycles. The lowest BCUT2D eigenvalue weighted by Crippen LogP contribution is -2.37. The van der Waals surface area contributed by atoms with Gasteiger partial charge >= 0.3 is 0 Å². The van der Waals surface area contributed by atoms with Crippen molar-refractivity contribution < 1.29 is 0 Å². The van der Waals surface area contributed by atoms with Gasteiger partial charge in [0.1, 0.15) is 0 Å². The molecular formula is C10H19N5S5. The molecule has 0 radical (unpaired) electrons. The summed E-state index contributed by atoms with van der Waals surface area (Å²) >= 11 is 19.6. The number of nitrogens with two attached hydrogens (primary N) is 2. The second-order valence-corrected chi connectivity index (χ2v) is 8.35. The molecule has 0 aromatic carbocycles. The fourth-order valence-electron chi connectivity index (χ4n) is 1.50. The number of anilines is 2. The second kappa shape index (κ2) is 8.11. The van der Waals surface area contributed by atoms with Gasteiger partial charge in [0, 0.05) is 26.2 Å². The van der Waals surface area contributed by atoms with E-state index in [2.05, 4.69) is 65.5 Å². The van der Waals surface area contributed by atoms with Gasteiger partial charge in [-0.2, -0.15) is 65.5 Å². The van der Waals surface area contributed by atoms with Gasteiger partial charge in [-0.15, -0.1) is 0 Å². The summed E-state index contributed by atoms with van der Waals surface area (Å²) in [6, 6.07) is 0. The molecule has 0 fully saturated rings. The lowest BCUT2D eigenvalue weighted by molar-refractivity contribution is 0.725. The van der Waals surface area contributed by atoms with E-state index in [0.29, 0.717) is 5.16 Å². The molecule has 0 bridgehead atoms. The number of hydrogen-bond donors (Lipinski definition) is 6. The average molecular weight is 370 g/mol. The number of thioether (sulfide) groups is 1. The summed E-state index contributed by atoms with van der Waals surface area (Å²) in [6.07, 6.45) is 0. The Hall–Kier alpha value is 0.360.